The van der Waals surface area contributed by atoms with Crippen molar-refractivity contribution in [1.29, 1.82) is 0 Å². The van der Waals surface area contributed by atoms with Gasteiger partial charge in [0.05, 0.1) is 0 Å². The van der Waals surface area contributed by atoms with E-state index in [9.17, 15) is 4.79 Å². The number of rotatable bonds is 12. The number of esters is 1. The Morgan fingerprint density at radius 2 is 1.88 bits per heavy atom. The zero-order valence-electron chi connectivity index (χ0n) is 15.2. The lowest BCUT2D eigenvalue weighted by molar-refractivity contribution is -0.145. The zero-order chi connectivity index (χ0) is 17.5. The van der Waals surface area contributed by atoms with E-state index in [-0.39, 0.29) is 29.9 Å². The Kier molecular flexibility index (Phi) is 15.3. The van der Waals surface area contributed by atoms with Crippen LogP contribution < -0.4 is 11.1 Å². The van der Waals surface area contributed by atoms with E-state index in [0.29, 0.717) is 19.0 Å². The van der Waals surface area contributed by atoms with E-state index < -0.39 is 0 Å². The molecular formula is C19H32IN3O2. The molecule has 3 N–H and O–H groups in total. The lowest BCUT2D eigenvalue weighted by atomic mass is 10.2. The molecule has 5 nitrogen and oxygen atoms in total. The third-order valence-corrected chi connectivity index (χ3v) is 3.65. The molecule has 0 aliphatic carbocycles. The first kappa shape index (κ1) is 23.7. The molecule has 0 fully saturated rings. The van der Waals surface area contributed by atoms with E-state index in [1.807, 2.05) is 30.3 Å². The summed E-state index contributed by atoms with van der Waals surface area (Å²) < 4.78 is 5.23. The van der Waals surface area contributed by atoms with Gasteiger partial charge >= 0.3 is 5.97 Å². The summed E-state index contributed by atoms with van der Waals surface area (Å²) in [4.78, 5) is 15.9. The maximum atomic E-state index is 11.6. The molecule has 0 spiro atoms. The minimum Gasteiger partial charge on any atom is -0.461 e. The molecule has 1 rings (SSSR count). The number of nitrogens with one attached hydrogen (secondary N) is 1. The summed E-state index contributed by atoms with van der Waals surface area (Å²) in [5, 5.41) is 3.08. The summed E-state index contributed by atoms with van der Waals surface area (Å²) in [5.74, 6) is 0.342. The largest absolute Gasteiger partial charge is 0.461 e. The van der Waals surface area contributed by atoms with E-state index in [0.717, 1.165) is 37.9 Å². The molecule has 1 aromatic rings. The van der Waals surface area contributed by atoms with Crippen LogP contribution in [-0.4, -0.2) is 25.0 Å². The fraction of sp³-hybridized carbons (Fsp3) is 0.579. The minimum atomic E-state index is -0.156. The number of halogens is 1. The first-order valence-corrected chi connectivity index (χ1v) is 8.95. The highest BCUT2D eigenvalue weighted by Crippen LogP contribution is 2.03. The monoisotopic (exact) mass is 461 g/mol. The molecule has 0 aliphatic rings. The average molecular weight is 461 g/mol. The molecule has 0 heterocycles. The van der Waals surface area contributed by atoms with Crippen LogP contribution in [0.5, 0.6) is 0 Å². The number of unbranched alkanes of at least 4 members (excludes halogenated alkanes) is 4. The van der Waals surface area contributed by atoms with Crippen LogP contribution in [0.3, 0.4) is 0 Å². The number of hydrogen-bond donors (Lipinski definition) is 2. The first-order chi connectivity index (χ1) is 11.7. The highest BCUT2D eigenvalue weighted by atomic mass is 127. The SMILES string of the molecule is CCCCCCN=C(N)NCCCCC(=O)OCc1ccccc1.I. The van der Waals surface area contributed by atoms with Gasteiger partial charge < -0.3 is 15.8 Å². The molecule has 0 atom stereocenters. The second-order valence-electron chi connectivity index (χ2n) is 5.86. The first-order valence-electron chi connectivity index (χ1n) is 8.95. The van der Waals surface area contributed by atoms with Crippen LogP contribution in [-0.2, 0) is 16.1 Å². The molecule has 0 amide bonds. The van der Waals surface area contributed by atoms with E-state index in [2.05, 4.69) is 17.2 Å². The number of ether oxygens (including phenoxy) is 1. The summed E-state index contributed by atoms with van der Waals surface area (Å²) >= 11 is 0. The second-order valence-corrected chi connectivity index (χ2v) is 5.86. The van der Waals surface area contributed by atoms with Crippen LogP contribution in [0.1, 0.15) is 57.4 Å². The van der Waals surface area contributed by atoms with E-state index in [1.165, 1.54) is 19.3 Å². The van der Waals surface area contributed by atoms with Gasteiger partial charge in [-0.2, -0.15) is 0 Å². The third-order valence-electron chi connectivity index (χ3n) is 3.65. The van der Waals surface area contributed by atoms with Gasteiger partial charge in [-0.1, -0.05) is 56.5 Å². The van der Waals surface area contributed by atoms with Crippen LogP contribution in [0.25, 0.3) is 0 Å². The fourth-order valence-electron chi connectivity index (χ4n) is 2.22. The van der Waals surface area contributed by atoms with Crippen LogP contribution >= 0.6 is 24.0 Å². The number of nitrogens with zero attached hydrogens (tertiary/aromatic N) is 1. The molecule has 0 saturated carbocycles. The summed E-state index contributed by atoms with van der Waals surface area (Å²) in [7, 11) is 0. The van der Waals surface area contributed by atoms with Crippen molar-refractivity contribution in [3.8, 4) is 0 Å². The van der Waals surface area contributed by atoms with Crippen molar-refractivity contribution in [2.75, 3.05) is 13.1 Å². The summed E-state index contributed by atoms with van der Waals surface area (Å²) in [6, 6.07) is 9.71. The van der Waals surface area contributed by atoms with E-state index >= 15 is 0 Å². The normalized spacial score (nSPS) is 10.8. The molecule has 25 heavy (non-hydrogen) atoms. The Hall–Kier alpha value is -1.31. The Balaban J connectivity index is 0.00000576. The van der Waals surface area contributed by atoms with Gasteiger partial charge in [-0.3, -0.25) is 9.79 Å². The van der Waals surface area contributed by atoms with Crippen LogP contribution in [0, 0.1) is 0 Å². The van der Waals surface area contributed by atoms with Crippen LogP contribution in [0.2, 0.25) is 0 Å². The molecule has 0 saturated heterocycles. The Morgan fingerprint density at radius 3 is 2.60 bits per heavy atom. The standard InChI is InChI=1S/C19H31N3O2.HI/c1-2-3-4-9-14-21-19(20)22-15-10-8-13-18(23)24-16-17-11-6-5-7-12-17;/h5-7,11-12H,2-4,8-10,13-16H2,1H3,(H3,20,21,22);1H. The molecule has 6 heteroatoms. The van der Waals surface area contributed by atoms with Crippen molar-refractivity contribution in [2.24, 2.45) is 10.7 Å². The lowest BCUT2D eigenvalue weighted by Gasteiger charge is -2.06. The quantitative estimate of drug-likeness (QED) is 0.162. The molecule has 0 bridgehead atoms. The highest BCUT2D eigenvalue weighted by molar-refractivity contribution is 14.0. The number of carbonyl (C=O) groups is 1. The van der Waals surface area contributed by atoms with Crippen molar-refractivity contribution >= 4 is 35.9 Å². The van der Waals surface area contributed by atoms with Crippen molar-refractivity contribution in [1.82, 2.24) is 5.32 Å². The van der Waals surface area contributed by atoms with Gasteiger partial charge in [-0.25, -0.2) is 0 Å². The lowest BCUT2D eigenvalue weighted by Crippen LogP contribution is -2.32. The van der Waals surface area contributed by atoms with Gasteiger partial charge in [0.1, 0.15) is 6.61 Å². The van der Waals surface area contributed by atoms with Gasteiger partial charge in [-0.15, -0.1) is 24.0 Å². The number of hydrogen-bond acceptors (Lipinski definition) is 3. The molecular weight excluding hydrogens is 429 g/mol. The molecule has 0 radical (unpaired) electrons. The molecule has 1 aromatic carbocycles. The van der Waals surface area contributed by atoms with Gasteiger partial charge in [0.2, 0.25) is 0 Å². The van der Waals surface area contributed by atoms with Crippen LogP contribution in [0.15, 0.2) is 35.3 Å². The number of benzene rings is 1. The van der Waals surface area contributed by atoms with Crippen molar-refractivity contribution in [2.45, 2.75) is 58.5 Å². The average Bonchev–Trinajstić information content (AvgIpc) is 2.60. The number of carbonyl (C=O) groups excluding carboxylic acids is 1. The van der Waals surface area contributed by atoms with Gasteiger partial charge in [0.25, 0.3) is 0 Å². The van der Waals surface area contributed by atoms with Gasteiger partial charge in [0.15, 0.2) is 5.96 Å². The summed E-state index contributed by atoms with van der Waals surface area (Å²) in [5.41, 5.74) is 6.80. The van der Waals surface area contributed by atoms with Crippen molar-refractivity contribution in [3.63, 3.8) is 0 Å². The van der Waals surface area contributed by atoms with E-state index in [4.69, 9.17) is 10.5 Å². The Labute approximate surface area is 168 Å². The van der Waals surface area contributed by atoms with Crippen LogP contribution in [0.4, 0.5) is 0 Å². The van der Waals surface area contributed by atoms with Crippen molar-refractivity contribution < 1.29 is 9.53 Å². The number of aliphatic imine (C=N–C) groups is 1. The second kappa shape index (κ2) is 16.2. The predicted octanol–water partition coefficient (Wildman–Crippen LogP) is 4.00. The fourth-order valence-corrected chi connectivity index (χ4v) is 2.22. The molecule has 0 aliphatic heterocycles. The Bertz CT molecular complexity index is 481. The molecule has 142 valence electrons. The smallest absolute Gasteiger partial charge is 0.306 e. The highest BCUT2D eigenvalue weighted by Gasteiger charge is 2.03. The minimum absolute atomic E-state index is 0. The van der Waals surface area contributed by atoms with Gasteiger partial charge in [0, 0.05) is 19.5 Å². The van der Waals surface area contributed by atoms with Gasteiger partial charge in [-0.05, 0) is 24.8 Å². The topological polar surface area (TPSA) is 76.7 Å². The van der Waals surface area contributed by atoms with E-state index in [1.54, 1.807) is 0 Å². The maximum absolute atomic E-state index is 11.6. The number of guanidine groups is 1. The summed E-state index contributed by atoms with van der Waals surface area (Å²) in [6.07, 6.45) is 6.86. The maximum Gasteiger partial charge on any atom is 0.306 e. The predicted molar refractivity (Wildman–Crippen MR) is 114 cm³/mol. The third kappa shape index (κ3) is 13.6. The van der Waals surface area contributed by atoms with Crippen molar-refractivity contribution in [3.05, 3.63) is 35.9 Å². The summed E-state index contributed by atoms with van der Waals surface area (Å²) in [6.45, 7) is 4.05. The molecule has 0 unspecified atom stereocenters. The Morgan fingerprint density at radius 1 is 1.12 bits per heavy atom. The molecule has 0 aromatic heterocycles. The zero-order valence-corrected chi connectivity index (χ0v) is 17.5. The number of nitrogens with two attached hydrogens (primary N) is 1.